The standard InChI is InChI=1S/C7H6F3N3O2/c8-6(9)5-3(2-11)1-4(13(14)15)12-7(5)10/h1,6H,2,11H2. The molecule has 0 aliphatic carbocycles. The van der Waals surface area contributed by atoms with Gasteiger partial charge in [0.15, 0.2) is 0 Å². The molecule has 0 amide bonds. The average molecular weight is 221 g/mol. The molecule has 0 aromatic carbocycles. The van der Waals surface area contributed by atoms with Gasteiger partial charge < -0.3 is 15.8 Å². The number of rotatable bonds is 3. The average Bonchev–Trinajstić information content (AvgIpc) is 2.15. The number of nitrogens with two attached hydrogens (primary N) is 1. The molecule has 0 atom stereocenters. The minimum Gasteiger partial charge on any atom is -0.358 e. The van der Waals surface area contributed by atoms with Crippen LogP contribution >= 0.6 is 0 Å². The number of pyridine rings is 1. The van der Waals surface area contributed by atoms with Gasteiger partial charge in [-0.15, -0.1) is 0 Å². The maximum absolute atomic E-state index is 13.0. The first-order valence-corrected chi connectivity index (χ1v) is 3.79. The lowest BCUT2D eigenvalue weighted by atomic mass is 10.1. The fourth-order valence-corrected chi connectivity index (χ4v) is 1.05. The van der Waals surface area contributed by atoms with E-state index in [-0.39, 0.29) is 5.56 Å². The van der Waals surface area contributed by atoms with Crippen LogP contribution in [0.5, 0.6) is 0 Å². The van der Waals surface area contributed by atoms with Crippen molar-refractivity contribution in [2.24, 2.45) is 5.73 Å². The number of alkyl halides is 2. The highest BCUT2D eigenvalue weighted by atomic mass is 19.3. The zero-order valence-corrected chi connectivity index (χ0v) is 7.28. The summed E-state index contributed by atoms with van der Waals surface area (Å²) in [6.07, 6.45) is -3.10. The molecule has 0 radical (unpaired) electrons. The van der Waals surface area contributed by atoms with E-state index in [1.54, 1.807) is 0 Å². The zero-order valence-electron chi connectivity index (χ0n) is 7.28. The normalized spacial score (nSPS) is 10.7. The van der Waals surface area contributed by atoms with Crippen molar-refractivity contribution in [3.05, 3.63) is 33.3 Å². The number of nitrogens with zero attached hydrogens (tertiary/aromatic N) is 2. The Hall–Kier alpha value is -1.70. The van der Waals surface area contributed by atoms with Crippen molar-refractivity contribution in [1.82, 2.24) is 4.98 Å². The van der Waals surface area contributed by atoms with E-state index in [0.29, 0.717) is 0 Å². The Morgan fingerprint density at radius 3 is 2.60 bits per heavy atom. The predicted octanol–water partition coefficient (Wildman–Crippen LogP) is 1.53. The van der Waals surface area contributed by atoms with Gasteiger partial charge in [0.2, 0.25) is 0 Å². The lowest BCUT2D eigenvalue weighted by molar-refractivity contribution is -0.390. The van der Waals surface area contributed by atoms with E-state index in [4.69, 9.17) is 5.73 Å². The number of hydrogen-bond acceptors (Lipinski definition) is 4. The van der Waals surface area contributed by atoms with Crippen LogP contribution in [0.1, 0.15) is 17.6 Å². The molecule has 1 heterocycles. The van der Waals surface area contributed by atoms with E-state index in [0.717, 1.165) is 6.07 Å². The Morgan fingerprint density at radius 1 is 1.60 bits per heavy atom. The molecule has 5 nitrogen and oxygen atoms in total. The summed E-state index contributed by atoms with van der Waals surface area (Å²) in [5, 5.41) is 10.3. The van der Waals surface area contributed by atoms with Crippen LogP contribution in [0.15, 0.2) is 6.07 Å². The van der Waals surface area contributed by atoms with Crippen molar-refractivity contribution in [3.63, 3.8) is 0 Å². The highest BCUT2D eigenvalue weighted by Gasteiger charge is 2.26. The van der Waals surface area contributed by atoms with Crippen LogP contribution in [0.4, 0.5) is 19.0 Å². The minimum absolute atomic E-state index is 0.316. The lowest BCUT2D eigenvalue weighted by Gasteiger charge is -2.04. The van der Waals surface area contributed by atoms with Crippen LogP contribution in [-0.2, 0) is 6.54 Å². The van der Waals surface area contributed by atoms with Crippen molar-refractivity contribution in [2.45, 2.75) is 13.0 Å². The Balaban J connectivity index is 3.37. The van der Waals surface area contributed by atoms with Crippen molar-refractivity contribution in [3.8, 4) is 0 Å². The summed E-state index contributed by atoms with van der Waals surface area (Å²) in [6.45, 7) is -0.417. The van der Waals surface area contributed by atoms with Crippen LogP contribution in [-0.4, -0.2) is 9.91 Å². The smallest absolute Gasteiger partial charge is 0.358 e. The molecule has 15 heavy (non-hydrogen) atoms. The second-order valence-corrected chi connectivity index (χ2v) is 2.61. The highest BCUT2D eigenvalue weighted by molar-refractivity contribution is 5.34. The third kappa shape index (κ3) is 2.21. The van der Waals surface area contributed by atoms with Gasteiger partial charge in [0.25, 0.3) is 6.43 Å². The van der Waals surface area contributed by atoms with E-state index in [1.807, 2.05) is 0 Å². The molecule has 0 spiro atoms. The fourth-order valence-electron chi connectivity index (χ4n) is 1.05. The van der Waals surface area contributed by atoms with E-state index >= 15 is 0 Å². The summed E-state index contributed by atoms with van der Waals surface area (Å²) < 4.78 is 37.6. The molecule has 1 aromatic rings. The van der Waals surface area contributed by atoms with Gasteiger partial charge in [-0.1, -0.05) is 0 Å². The largest absolute Gasteiger partial charge is 0.367 e. The molecular weight excluding hydrogens is 215 g/mol. The first-order chi connectivity index (χ1) is 6.97. The van der Waals surface area contributed by atoms with Crippen molar-refractivity contribution in [2.75, 3.05) is 0 Å². The quantitative estimate of drug-likeness (QED) is 0.476. The van der Waals surface area contributed by atoms with Gasteiger partial charge in [-0.3, -0.25) is 0 Å². The van der Waals surface area contributed by atoms with Crippen LogP contribution < -0.4 is 5.73 Å². The number of nitro groups is 1. The molecule has 0 fully saturated rings. The molecule has 0 aliphatic heterocycles. The van der Waals surface area contributed by atoms with Gasteiger partial charge in [-0.2, -0.15) is 4.39 Å². The maximum atomic E-state index is 13.0. The highest BCUT2D eigenvalue weighted by Crippen LogP contribution is 2.27. The molecule has 0 saturated carbocycles. The van der Waals surface area contributed by atoms with E-state index in [2.05, 4.69) is 4.98 Å². The second-order valence-electron chi connectivity index (χ2n) is 2.61. The fraction of sp³-hybridized carbons (Fsp3) is 0.286. The molecular formula is C7H6F3N3O2. The Labute approximate surface area is 81.9 Å². The van der Waals surface area contributed by atoms with Crippen molar-refractivity contribution in [1.29, 1.82) is 0 Å². The van der Waals surface area contributed by atoms with Gasteiger partial charge in [-0.05, 0) is 15.5 Å². The first-order valence-electron chi connectivity index (χ1n) is 3.79. The lowest BCUT2D eigenvalue weighted by Crippen LogP contribution is -2.08. The van der Waals surface area contributed by atoms with Crippen LogP contribution in [0, 0.1) is 16.1 Å². The van der Waals surface area contributed by atoms with E-state index in [1.165, 1.54) is 0 Å². The van der Waals surface area contributed by atoms with Gasteiger partial charge in [0.1, 0.15) is 5.56 Å². The molecule has 0 unspecified atom stereocenters. The van der Waals surface area contributed by atoms with Crippen molar-refractivity contribution < 1.29 is 18.1 Å². The van der Waals surface area contributed by atoms with E-state index in [9.17, 15) is 23.3 Å². The molecule has 0 saturated heterocycles. The van der Waals surface area contributed by atoms with Gasteiger partial charge in [0.05, 0.1) is 0 Å². The summed E-state index contributed by atoms with van der Waals surface area (Å²) in [5.41, 5.74) is 3.78. The number of aromatic nitrogens is 1. The summed E-state index contributed by atoms with van der Waals surface area (Å²) in [7, 11) is 0. The third-order valence-corrected chi connectivity index (χ3v) is 1.71. The predicted molar refractivity (Wildman–Crippen MR) is 43.7 cm³/mol. The topological polar surface area (TPSA) is 82.0 Å². The molecule has 1 aromatic heterocycles. The third-order valence-electron chi connectivity index (χ3n) is 1.71. The van der Waals surface area contributed by atoms with Crippen LogP contribution in [0.25, 0.3) is 0 Å². The Bertz CT molecular complexity index is 397. The Morgan fingerprint density at radius 2 is 2.20 bits per heavy atom. The van der Waals surface area contributed by atoms with Crippen LogP contribution in [0.2, 0.25) is 0 Å². The van der Waals surface area contributed by atoms with E-state index < -0.39 is 35.2 Å². The number of hydrogen-bond donors (Lipinski definition) is 1. The Kier molecular flexibility index (Phi) is 3.20. The monoisotopic (exact) mass is 221 g/mol. The molecule has 2 N–H and O–H groups in total. The molecule has 0 aliphatic rings. The zero-order chi connectivity index (χ0) is 11.6. The summed E-state index contributed by atoms with van der Waals surface area (Å²) in [4.78, 5) is 12.1. The van der Waals surface area contributed by atoms with Gasteiger partial charge >= 0.3 is 11.8 Å². The summed E-state index contributed by atoms with van der Waals surface area (Å²) in [5.74, 6) is -2.39. The first kappa shape index (κ1) is 11.4. The maximum Gasteiger partial charge on any atom is 0.367 e. The summed E-state index contributed by atoms with van der Waals surface area (Å²) in [6, 6.07) is 0.741. The molecule has 0 bridgehead atoms. The minimum atomic E-state index is -3.10. The SMILES string of the molecule is NCc1cc([N+](=O)[O-])nc(F)c1C(F)F. The van der Waals surface area contributed by atoms with Crippen LogP contribution in [0.3, 0.4) is 0 Å². The van der Waals surface area contributed by atoms with Gasteiger partial charge in [-0.25, -0.2) is 8.78 Å². The molecule has 82 valence electrons. The molecule has 8 heteroatoms. The van der Waals surface area contributed by atoms with Crippen molar-refractivity contribution >= 4 is 5.82 Å². The van der Waals surface area contributed by atoms with Gasteiger partial charge in [0, 0.05) is 12.6 Å². The summed E-state index contributed by atoms with van der Waals surface area (Å²) >= 11 is 0. The second kappa shape index (κ2) is 4.22. The number of halogens is 3. The molecule has 1 rings (SSSR count).